The zero-order valence-electron chi connectivity index (χ0n) is 10.6. The molecule has 4 nitrogen and oxygen atoms in total. The van der Waals surface area contributed by atoms with Crippen LogP contribution in [0.1, 0.15) is 16.1 Å². The van der Waals surface area contributed by atoms with Gasteiger partial charge < -0.3 is 4.74 Å². The number of esters is 1. The van der Waals surface area contributed by atoms with E-state index >= 15 is 0 Å². The average Bonchev–Trinajstić information content (AvgIpc) is 2.39. The normalized spacial score (nSPS) is 10.1. The second-order valence-corrected chi connectivity index (χ2v) is 3.80. The van der Waals surface area contributed by atoms with Gasteiger partial charge in [0.25, 0.3) is 0 Å². The maximum atomic E-state index is 11.3. The standard InChI is InChI=1S/C14H18N2O2/c1-4-8-16(9-5-2)11-13-7-6-12(10-15-13)14(17)18-3/h4-7,10H,1-2,8-9,11H2,3H3. The Labute approximate surface area is 108 Å². The molecule has 1 heterocycles. The van der Waals surface area contributed by atoms with Crippen LogP contribution in [0.5, 0.6) is 0 Å². The highest BCUT2D eigenvalue weighted by atomic mass is 16.5. The molecule has 1 rings (SSSR count). The van der Waals surface area contributed by atoms with E-state index in [0.717, 1.165) is 18.8 Å². The molecule has 0 aliphatic rings. The van der Waals surface area contributed by atoms with E-state index in [1.54, 1.807) is 6.07 Å². The minimum Gasteiger partial charge on any atom is -0.465 e. The molecule has 0 radical (unpaired) electrons. The van der Waals surface area contributed by atoms with Crippen LogP contribution in [0.4, 0.5) is 0 Å². The zero-order valence-corrected chi connectivity index (χ0v) is 10.6. The van der Waals surface area contributed by atoms with Crippen LogP contribution in [0, 0.1) is 0 Å². The third kappa shape index (κ3) is 4.14. The summed E-state index contributed by atoms with van der Waals surface area (Å²) in [5, 5.41) is 0. The number of rotatable bonds is 7. The van der Waals surface area contributed by atoms with E-state index in [1.807, 2.05) is 18.2 Å². The summed E-state index contributed by atoms with van der Waals surface area (Å²) in [7, 11) is 1.35. The Kier molecular flexibility index (Phi) is 5.80. The van der Waals surface area contributed by atoms with Crippen molar-refractivity contribution in [3.8, 4) is 0 Å². The van der Waals surface area contributed by atoms with Crippen molar-refractivity contribution < 1.29 is 9.53 Å². The van der Waals surface area contributed by atoms with Crippen LogP contribution in [0.15, 0.2) is 43.6 Å². The number of methoxy groups -OCH3 is 1. The van der Waals surface area contributed by atoms with E-state index in [1.165, 1.54) is 13.3 Å². The molecule has 18 heavy (non-hydrogen) atoms. The maximum absolute atomic E-state index is 11.3. The van der Waals surface area contributed by atoms with Gasteiger partial charge in [0.05, 0.1) is 18.4 Å². The molecule has 0 atom stereocenters. The number of aromatic nitrogens is 1. The molecule has 1 aromatic rings. The van der Waals surface area contributed by atoms with E-state index < -0.39 is 0 Å². The Morgan fingerprint density at radius 3 is 2.50 bits per heavy atom. The van der Waals surface area contributed by atoms with E-state index in [2.05, 4.69) is 27.8 Å². The van der Waals surface area contributed by atoms with E-state index in [4.69, 9.17) is 0 Å². The molecule has 0 amide bonds. The molecule has 4 heteroatoms. The molecular weight excluding hydrogens is 228 g/mol. The lowest BCUT2D eigenvalue weighted by Crippen LogP contribution is -2.23. The molecule has 0 N–H and O–H groups in total. The second kappa shape index (κ2) is 7.40. The number of ether oxygens (including phenoxy) is 1. The summed E-state index contributed by atoms with van der Waals surface area (Å²) < 4.78 is 4.62. The van der Waals surface area contributed by atoms with Crippen LogP contribution in [-0.4, -0.2) is 36.1 Å². The summed E-state index contributed by atoms with van der Waals surface area (Å²) in [6.07, 6.45) is 5.21. The van der Waals surface area contributed by atoms with Gasteiger partial charge in [0.1, 0.15) is 0 Å². The van der Waals surface area contributed by atoms with E-state index in [-0.39, 0.29) is 5.97 Å². The second-order valence-electron chi connectivity index (χ2n) is 3.80. The van der Waals surface area contributed by atoms with Gasteiger partial charge >= 0.3 is 5.97 Å². The molecule has 0 bridgehead atoms. The van der Waals surface area contributed by atoms with E-state index in [9.17, 15) is 4.79 Å². The van der Waals surface area contributed by atoms with Crippen LogP contribution >= 0.6 is 0 Å². The number of nitrogens with zero attached hydrogens (tertiary/aromatic N) is 2. The van der Waals surface area contributed by atoms with Crippen LogP contribution < -0.4 is 0 Å². The molecule has 0 saturated carbocycles. The van der Waals surface area contributed by atoms with Gasteiger partial charge in [0.15, 0.2) is 0 Å². The van der Waals surface area contributed by atoms with Crippen molar-refractivity contribution >= 4 is 5.97 Å². The molecular formula is C14H18N2O2. The Balaban J connectivity index is 2.69. The molecule has 0 fully saturated rings. The first-order chi connectivity index (χ1) is 8.71. The summed E-state index contributed by atoms with van der Waals surface area (Å²) in [5.41, 5.74) is 1.35. The van der Waals surface area contributed by atoms with Crippen LogP contribution in [0.3, 0.4) is 0 Å². The summed E-state index contributed by atoms with van der Waals surface area (Å²) in [6.45, 7) is 9.66. The fourth-order valence-corrected chi connectivity index (χ4v) is 1.55. The minimum absolute atomic E-state index is 0.372. The van der Waals surface area contributed by atoms with Crippen LogP contribution in [0.2, 0.25) is 0 Å². The maximum Gasteiger partial charge on any atom is 0.339 e. The molecule has 0 unspecified atom stereocenters. The van der Waals surface area contributed by atoms with Gasteiger partial charge in [0.2, 0.25) is 0 Å². The van der Waals surface area contributed by atoms with Crippen molar-refractivity contribution in [2.75, 3.05) is 20.2 Å². The number of pyridine rings is 1. The monoisotopic (exact) mass is 246 g/mol. The lowest BCUT2D eigenvalue weighted by atomic mass is 10.2. The number of carbonyl (C=O) groups excluding carboxylic acids is 1. The van der Waals surface area contributed by atoms with Crippen molar-refractivity contribution in [3.63, 3.8) is 0 Å². The fourth-order valence-electron chi connectivity index (χ4n) is 1.55. The van der Waals surface area contributed by atoms with Crippen molar-refractivity contribution in [2.45, 2.75) is 6.54 Å². The molecule has 0 aliphatic heterocycles. The quantitative estimate of drug-likeness (QED) is 0.545. The van der Waals surface area contributed by atoms with Crippen molar-refractivity contribution in [3.05, 3.63) is 54.9 Å². The Hall–Kier alpha value is -1.94. The van der Waals surface area contributed by atoms with Crippen molar-refractivity contribution in [1.82, 2.24) is 9.88 Å². The van der Waals surface area contributed by atoms with Gasteiger partial charge in [-0.15, -0.1) is 13.2 Å². The Morgan fingerprint density at radius 1 is 1.39 bits per heavy atom. The topological polar surface area (TPSA) is 42.4 Å². The summed E-state index contributed by atoms with van der Waals surface area (Å²) in [4.78, 5) is 17.6. The van der Waals surface area contributed by atoms with Gasteiger partial charge in [-0.05, 0) is 12.1 Å². The average molecular weight is 246 g/mol. The predicted molar refractivity (Wildman–Crippen MR) is 71.2 cm³/mol. The SMILES string of the molecule is C=CCN(CC=C)Cc1ccc(C(=O)OC)cn1. The fraction of sp³-hybridized carbons (Fsp3) is 0.286. The predicted octanol–water partition coefficient (Wildman–Crippen LogP) is 2.04. The molecule has 0 spiro atoms. The smallest absolute Gasteiger partial charge is 0.339 e. The molecule has 0 aliphatic carbocycles. The summed E-state index contributed by atoms with van der Waals surface area (Å²) in [5.74, 6) is -0.372. The van der Waals surface area contributed by atoms with Gasteiger partial charge in [-0.2, -0.15) is 0 Å². The molecule has 1 aromatic heterocycles. The number of hydrogen-bond acceptors (Lipinski definition) is 4. The third-order valence-electron chi connectivity index (χ3n) is 2.41. The Bertz CT molecular complexity index is 402. The van der Waals surface area contributed by atoms with Crippen molar-refractivity contribution in [1.29, 1.82) is 0 Å². The van der Waals surface area contributed by atoms with Gasteiger partial charge in [-0.1, -0.05) is 12.2 Å². The van der Waals surface area contributed by atoms with Crippen LogP contribution in [-0.2, 0) is 11.3 Å². The minimum atomic E-state index is -0.372. The molecule has 96 valence electrons. The zero-order chi connectivity index (χ0) is 13.4. The lowest BCUT2D eigenvalue weighted by molar-refractivity contribution is 0.0600. The first-order valence-electron chi connectivity index (χ1n) is 5.68. The summed E-state index contributed by atoms with van der Waals surface area (Å²) >= 11 is 0. The van der Waals surface area contributed by atoms with Crippen molar-refractivity contribution in [2.24, 2.45) is 0 Å². The van der Waals surface area contributed by atoms with Gasteiger partial charge in [-0.25, -0.2) is 4.79 Å². The third-order valence-corrected chi connectivity index (χ3v) is 2.41. The largest absolute Gasteiger partial charge is 0.465 e. The highest BCUT2D eigenvalue weighted by Gasteiger charge is 2.07. The summed E-state index contributed by atoms with van der Waals surface area (Å²) in [6, 6.07) is 3.54. The molecule has 0 saturated heterocycles. The van der Waals surface area contributed by atoms with Crippen LogP contribution in [0.25, 0.3) is 0 Å². The number of carbonyl (C=O) groups is 1. The number of hydrogen-bond donors (Lipinski definition) is 0. The lowest BCUT2D eigenvalue weighted by Gasteiger charge is -2.17. The van der Waals surface area contributed by atoms with Gasteiger partial charge in [-0.3, -0.25) is 9.88 Å². The van der Waals surface area contributed by atoms with E-state index in [0.29, 0.717) is 12.1 Å². The first-order valence-corrected chi connectivity index (χ1v) is 5.68. The van der Waals surface area contributed by atoms with Gasteiger partial charge in [0, 0.05) is 25.8 Å². The first kappa shape index (κ1) is 14.1. The molecule has 0 aromatic carbocycles. The highest BCUT2D eigenvalue weighted by molar-refractivity contribution is 5.88. The Morgan fingerprint density at radius 2 is 2.06 bits per heavy atom. The highest BCUT2D eigenvalue weighted by Crippen LogP contribution is 2.05.